The van der Waals surface area contributed by atoms with Gasteiger partial charge in [-0.15, -0.1) is 24.0 Å². The smallest absolute Gasteiger partial charge is 0.195 e. The van der Waals surface area contributed by atoms with Gasteiger partial charge in [0.2, 0.25) is 0 Å². The van der Waals surface area contributed by atoms with Crippen LogP contribution < -0.4 is 0 Å². The summed E-state index contributed by atoms with van der Waals surface area (Å²) in [5.74, 6) is 0.995. The molecule has 1 saturated heterocycles. The number of rotatable bonds is 5. The molecule has 0 bridgehead atoms. The summed E-state index contributed by atoms with van der Waals surface area (Å²) in [6.07, 6.45) is 2.30. The van der Waals surface area contributed by atoms with E-state index in [-0.39, 0.29) is 24.0 Å². The Kier molecular flexibility index (Phi) is 9.76. The van der Waals surface area contributed by atoms with Crippen LogP contribution in [0.3, 0.4) is 0 Å². The van der Waals surface area contributed by atoms with Crippen LogP contribution in [0.5, 0.6) is 0 Å². The molecule has 18 heavy (non-hydrogen) atoms. The number of ether oxygens (including phenoxy) is 2. The number of nitrogens with zero attached hydrogens (tertiary/aromatic N) is 3. The first-order valence-electron chi connectivity index (χ1n) is 6.19. The van der Waals surface area contributed by atoms with Gasteiger partial charge in [-0.05, 0) is 12.8 Å². The van der Waals surface area contributed by atoms with Gasteiger partial charge < -0.3 is 19.3 Å². The maximum atomic E-state index is 5.68. The van der Waals surface area contributed by atoms with Crippen LogP contribution in [0, 0.1) is 0 Å². The Morgan fingerprint density at radius 3 is 2.44 bits per heavy atom. The predicted molar refractivity (Wildman–Crippen MR) is 84.9 cm³/mol. The van der Waals surface area contributed by atoms with Crippen LogP contribution in [-0.4, -0.2) is 76.4 Å². The summed E-state index contributed by atoms with van der Waals surface area (Å²) in [7, 11) is 8.02. The molecule has 0 aromatic heterocycles. The van der Waals surface area contributed by atoms with Crippen LogP contribution in [0.15, 0.2) is 4.99 Å². The third-order valence-electron chi connectivity index (χ3n) is 2.60. The second-order valence-electron chi connectivity index (χ2n) is 4.68. The first-order valence-corrected chi connectivity index (χ1v) is 6.19. The Balaban J connectivity index is 0.00000289. The van der Waals surface area contributed by atoms with Gasteiger partial charge in [-0.25, -0.2) is 0 Å². The van der Waals surface area contributed by atoms with Gasteiger partial charge in [0.1, 0.15) is 0 Å². The minimum Gasteiger partial charge on any atom is -0.379 e. The fourth-order valence-electron chi connectivity index (χ4n) is 1.82. The van der Waals surface area contributed by atoms with E-state index in [9.17, 15) is 0 Å². The second kappa shape index (κ2) is 9.80. The predicted octanol–water partition coefficient (Wildman–Crippen LogP) is 1.28. The fourth-order valence-corrected chi connectivity index (χ4v) is 1.82. The molecule has 1 rings (SSSR count). The van der Waals surface area contributed by atoms with Crippen molar-refractivity contribution in [3.63, 3.8) is 0 Å². The zero-order chi connectivity index (χ0) is 12.7. The highest BCUT2D eigenvalue weighted by molar-refractivity contribution is 14.0. The molecule has 1 aliphatic rings. The molecule has 1 aliphatic heterocycles. The lowest BCUT2D eigenvalue weighted by atomic mass is 10.3. The Morgan fingerprint density at radius 1 is 1.28 bits per heavy atom. The Hall–Kier alpha value is -0.0800. The summed E-state index contributed by atoms with van der Waals surface area (Å²) >= 11 is 0. The van der Waals surface area contributed by atoms with E-state index in [1.54, 1.807) is 0 Å². The highest BCUT2D eigenvalue weighted by Crippen LogP contribution is 2.08. The van der Waals surface area contributed by atoms with Crippen molar-refractivity contribution >= 4 is 29.9 Å². The SMILES string of the molecule is CN(C)C(=NCCCOC1CCOC1)N(C)C.I. The van der Waals surface area contributed by atoms with Gasteiger partial charge in [0.05, 0.1) is 12.7 Å². The van der Waals surface area contributed by atoms with Crippen LogP contribution in [0.25, 0.3) is 0 Å². The van der Waals surface area contributed by atoms with Crippen LogP contribution in [0.1, 0.15) is 12.8 Å². The molecule has 1 unspecified atom stereocenters. The lowest BCUT2D eigenvalue weighted by Gasteiger charge is -2.22. The average Bonchev–Trinajstić information content (AvgIpc) is 2.74. The molecule has 0 aromatic carbocycles. The molecule has 0 aliphatic carbocycles. The lowest BCUT2D eigenvalue weighted by Crippen LogP contribution is -2.35. The van der Waals surface area contributed by atoms with E-state index in [0.29, 0.717) is 6.10 Å². The van der Waals surface area contributed by atoms with E-state index in [4.69, 9.17) is 9.47 Å². The van der Waals surface area contributed by atoms with Crippen molar-refractivity contribution in [3.8, 4) is 0 Å². The standard InChI is InChI=1S/C12H25N3O2.HI/c1-14(2)12(15(3)4)13-7-5-8-17-11-6-9-16-10-11;/h11H,5-10H2,1-4H3;1H. The molecule has 0 spiro atoms. The third kappa shape index (κ3) is 6.75. The monoisotopic (exact) mass is 371 g/mol. The zero-order valence-corrected chi connectivity index (χ0v) is 14.2. The molecule has 0 radical (unpaired) electrons. The molecule has 6 heteroatoms. The second-order valence-corrected chi connectivity index (χ2v) is 4.68. The van der Waals surface area contributed by atoms with Crippen LogP contribution in [-0.2, 0) is 9.47 Å². The van der Waals surface area contributed by atoms with E-state index in [1.807, 2.05) is 38.0 Å². The normalized spacial score (nSPS) is 18.1. The first kappa shape index (κ1) is 17.9. The van der Waals surface area contributed by atoms with Crippen molar-refractivity contribution in [3.05, 3.63) is 0 Å². The van der Waals surface area contributed by atoms with Gasteiger partial charge in [-0.2, -0.15) is 0 Å². The van der Waals surface area contributed by atoms with Crippen molar-refractivity contribution in [1.82, 2.24) is 9.80 Å². The van der Waals surface area contributed by atoms with Gasteiger partial charge in [0.25, 0.3) is 0 Å². The Labute approximate surface area is 128 Å². The van der Waals surface area contributed by atoms with Crippen molar-refractivity contribution in [1.29, 1.82) is 0 Å². The van der Waals surface area contributed by atoms with Gasteiger partial charge in [0.15, 0.2) is 5.96 Å². The zero-order valence-electron chi connectivity index (χ0n) is 11.9. The van der Waals surface area contributed by atoms with E-state index in [2.05, 4.69) is 4.99 Å². The summed E-state index contributed by atoms with van der Waals surface area (Å²) < 4.78 is 10.9. The summed E-state index contributed by atoms with van der Waals surface area (Å²) in [6.45, 7) is 3.17. The minimum atomic E-state index is 0. The highest BCUT2D eigenvalue weighted by atomic mass is 127. The van der Waals surface area contributed by atoms with Crippen molar-refractivity contribution in [2.75, 3.05) is 54.6 Å². The molecular formula is C12H26IN3O2. The first-order chi connectivity index (χ1) is 8.11. The van der Waals surface area contributed by atoms with Gasteiger partial charge in [-0.1, -0.05) is 0 Å². The number of halogens is 1. The molecule has 1 fully saturated rings. The highest BCUT2D eigenvalue weighted by Gasteiger charge is 2.15. The number of hydrogen-bond acceptors (Lipinski definition) is 3. The molecule has 0 saturated carbocycles. The quantitative estimate of drug-likeness (QED) is 0.316. The van der Waals surface area contributed by atoms with Crippen molar-refractivity contribution in [2.24, 2.45) is 4.99 Å². The summed E-state index contributed by atoms with van der Waals surface area (Å²) in [6, 6.07) is 0. The summed E-state index contributed by atoms with van der Waals surface area (Å²) in [4.78, 5) is 8.58. The Morgan fingerprint density at radius 2 is 1.94 bits per heavy atom. The topological polar surface area (TPSA) is 37.3 Å². The average molecular weight is 371 g/mol. The lowest BCUT2D eigenvalue weighted by molar-refractivity contribution is 0.0424. The molecule has 1 atom stereocenters. The summed E-state index contributed by atoms with van der Waals surface area (Å²) in [5, 5.41) is 0. The molecule has 0 amide bonds. The number of aliphatic imine (C=N–C) groups is 1. The van der Waals surface area contributed by atoms with E-state index in [1.165, 1.54) is 0 Å². The minimum absolute atomic E-state index is 0. The fraction of sp³-hybridized carbons (Fsp3) is 0.917. The number of hydrogen-bond donors (Lipinski definition) is 0. The summed E-state index contributed by atoms with van der Waals surface area (Å²) in [5.41, 5.74) is 0. The third-order valence-corrected chi connectivity index (χ3v) is 2.60. The van der Waals surface area contributed by atoms with Crippen LogP contribution >= 0.6 is 24.0 Å². The largest absolute Gasteiger partial charge is 0.379 e. The molecule has 1 heterocycles. The van der Waals surface area contributed by atoms with Crippen LogP contribution in [0.4, 0.5) is 0 Å². The van der Waals surface area contributed by atoms with Crippen molar-refractivity contribution in [2.45, 2.75) is 18.9 Å². The van der Waals surface area contributed by atoms with E-state index < -0.39 is 0 Å². The van der Waals surface area contributed by atoms with Crippen LogP contribution in [0.2, 0.25) is 0 Å². The Bertz CT molecular complexity index is 231. The van der Waals surface area contributed by atoms with E-state index >= 15 is 0 Å². The molecule has 0 N–H and O–H groups in total. The van der Waals surface area contributed by atoms with Gasteiger partial charge >= 0.3 is 0 Å². The molecule has 108 valence electrons. The van der Waals surface area contributed by atoms with Gasteiger partial charge in [-0.3, -0.25) is 4.99 Å². The van der Waals surface area contributed by atoms with Crippen molar-refractivity contribution < 1.29 is 9.47 Å². The van der Waals surface area contributed by atoms with Gasteiger partial charge in [0, 0.05) is 47.9 Å². The molecule has 0 aromatic rings. The maximum absolute atomic E-state index is 5.68. The molecule has 5 nitrogen and oxygen atoms in total. The molecular weight excluding hydrogens is 345 g/mol. The maximum Gasteiger partial charge on any atom is 0.195 e. The van der Waals surface area contributed by atoms with E-state index in [0.717, 1.165) is 45.2 Å². The number of guanidine groups is 1.